The van der Waals surface area contributed by atoms with Crippen molar-refractivity contribution in [2.24, 2.45) is 5.14 Å². The van der Waals surface area contributed by atoms with Crippen LogP contribution in [0.5, 0.6) is 11.5 Å². The number of hydrogen-bond donors (Lipinski definition) is 5. The fourth-order valence-electron chi connectivity index (χ4n) is 3.42. The monoisotopic (exact) mass is 513 g/mol. The van der Waals surface area contributed by atoms with E-state index in [1.165, 1.54) is 7.11 Å². The van der Waals surface area contributed by atoms with Crippen molar-refractivity contribution in [3.8, 4) is 22.6 Å². The van der Waals surface area contributed by atoms with Crippen LogP contribution < -0.4 is 19.9 Å². The minimum Gasteiger partial charge on any atom is -0.496 e. The summed E-state index contributed by atoms with van der Waals surface area (Å²) in [7, 11) is 1.39. The van der Waals surface area contributed by atoms with E-state index >= 15 is 0 Å². The molecule has 1 aliphatic heterocycles. The molecule has 0 radical (unpaired) electrons. The molecule has 1 aliphatic rings. The van der Waals surface area contributed by atoms with Crippen molar-refractivity contribution < 1.29 is 23.8 Å². The van der Waals surface area contributed by atoms with Crippen LogP contribution in [0.4, 0.5) is 10.1 Å². The van der Waals surface area contributed by atoms with E-state index in [9.17, 15) is 9.18 Å². The number of ether oxygens (including phenoxy) is 2. The summed E-state index contributed by atoms with van der Waals surface area (Å²) < 4.78 is 24.8. The zero-order valence-electron chi connectivity index (χ0n) is 18.7. The van der Waals surface area contributed by atoms with Crippen LogP contribution in [-0.4, -0.2) is 36.4 Å². The Morgan fingerprint density at radius 2 is 1.91 bits per heavy atom. The van der Waals surface area contributed by atoms with Crippen LogP contribution in [0.2, 0.25) is 0 Å². The van der Waals surface area contributed by atoms with Crippen LogP contribution in [0.25, 0.3) is 17.2 Å². The minimum atomic E-state index is -1.36. The van der Waals surface area contributed by atoms with Crippen molar-refractivity contribution in [2.75, 3.05) is 25.6 Å². The summed E-state index contributed by atoms with van der Waals surface area (Å²) in [5.41, 5.74) is 3.73. The maximum absolute atomic E-state index is 14.0. The van der Waals surface area contributed by atoms with Crippen LogP contribution in [0.1, 0.15) is 21.5 Å². The average molecular weight is 514 g/mol. The van der Waals surface area contributed by atoms with Gasteiger partial charge in [-0.1, -0.05) is 42.1 Å². The van der Waals surface area contributed by atoms with Gasteiger partial charge in [-0.3, -0.25) is 10.5 Å². The second kappa shape index (κ2) is 12.3. The number of thiol groups is 1. The molecule has 35 heavy (non-hydrogen) atoms. The van der Waals surface area contributed by atoms with E-state index in [-0.39, 0.29) is 5.75 Å². The number of thioether (sulfide) groups is 1. The lowest BCUT2D eigenvalue weighted by Gasteiger charge is -2.19. The second-order valence-corrected chi connectivity index (χ2v) is 8.11. The van der Waals surface area contributed by atoms with E-state index in [4.69, 9.17) is 20.0 Å². The number of nitrogens with two attached hydrogens (primary N) is 1. The number of benzene rings is 3. The van der Waals surface area contributed by atoms with Gasteiger partial charge in [0.2, 0.25) is 0 Å². The van der Waals surface area contributed by atoms with Crippen molar-refractivity contribution in [3.05, 3.63) is 82.5 Å². The molecule has 4 rings (SSSR count). The Balaban J connectivity index is 0.00000167. The normalized spacial score (nSPS) is 12.0. The first-order valence-electron chi connectivity index (χ1n) is 10.4. The summed E-state index contributed by atoms with van der Waals surface area (Å²) in [6, 6.07) is 15.9. The Morgan fingerprint density at radius 3 is 2.60 bits per heavy atom. The van der Waals surface area contributed by atoms with Gasteiger partial charge >= 0.3 is 5.97 Å². The fraction of sp³-hybridized carbons (Fsp3) is 0.120. The number of nitrogens with one attached hydrogen (secondary N) is 2. The van der Waals surface area contributed by atoms with Gasteiger partial charge in [0.05, 0.1) is 23.4 Å². The molecule has 0 unspecified atom stereocenters. The Kier molecular flexibility index (Phi) is 9.18. The summed E-state index contributed by atoms with van der Waals surface area (Å²) in [6.07, 6.45) is 1.59. The number of methoxy groups -OCH3 is 1. The number of carboxylic acid groups (broad SMARTS) is 1. The van der Waals surface area contributed by atoms with E-state index < -0.39 is 17.3 Å². The van der Waals surface area contributed by atoms with E-state index in [0.29, 0.717) is 17.2 Å². The SMILES string of the molecule is COc1cc(C(=O)O)c(F)cc1/C=C/SC(=N)c1ccc(-c2ccc3c(c2)NCCO3)cc1.NS. The standard InChI is InChI=1S/C25H21FN2O4S.H3NS/c1-31-23-14-19(25(29)30)20(26)12-18(23)8-11-33-24(27)16-4-2-15(3-5-16)17-6-7-22-21(13-17)28-9-10-32-22;1-2/h2-8,11-14,27-28H,9-10H2,1H3,(H,29,30);2H,1H2/b11-8+,27-24?;. The molecule has 3 aromatic carbocycles. The zero-order valence-corrected chi connectivity index (χ0v) is 20.5. The highest BCUT2D eigenvalue weighted by molar-refractivity contribution is 8.16. The summed E-state index contributed by atoms with van der Waals surface area (Å²) in [5, 5.41) is 26.9. The van der Waals surface area contributed by atoms with Crippen molar-refractivity contribution in [2.45, 2.75) is 0 Å². The molecular weight excluding hydrogens is 489 g/mol. The average Bonchev–Trinajstić information content (AvgIpc) is 2.89. The predicted molar refractivity (Wildman–Crippen MR) is 142 cm³/mol. The van der Waals surface area contributed by atoms with E-state index in [0.717, 1.165) is 58.6 Å². The molecule has 182 valence electrons. The van der Waals surface area contributed by atoms with Gasteiger partial charge in [-0.05, 0) is 46.9 Å². The summed E-state index contributed by atoms with van der Waals surface area (Å²) in [6.45, 7) is 1.43. The molecule has 3 aromatic rings. The first-order valence-corrected chi connectivity index (χ1v) is 11.8. The van der Waals surface area contributed by atoms with Gasteiger partial charge in [0.1, 0.15) is 23.9 Å². The topological polar surface area (TPSA) is 118 Å². The third-order valence-corrected chi connectivity index (χ3v) is 5.86. The molecule has 0 saturated carbocycles. The first kappa shape index (κ1) is 26.1. The lowest BCUT2D eigenvalue weighted by molar-refractivity contribution is 0.0691. The Morgan fingerprint density at radius 1 is 1.20 bits per heavy atom. The molecule has 1 heterocycles. The third-order valence-electron chi connectivity index (χ3n) is 5.12. The summed E-state index contributed by atoms with van der Waals surface area (Å²) in [5.74, 6) is -1.12. The van der Waals surface area contributed by atoms with Gasteiger partial charge in [0.25, 0.3) is 0 Å². The fourth-order valence-corrected chi connectivity index (χ4v) is 4.04. The number of hydrogen-bond acceptors (Lipinski definition) is 8. The number of rotatable bonds is 6. The van der Waals surface area contributed by atoms with E-state index in [2.05, 4.69) is 29.3 Å². The maximum Gasteiger partial charge on any atom is 0.338 e. The highest BCUT2D eigenvalue weighted by Crippen LogP contribution is 2.33. The molecule has 5 N–H and O–H groups in total. The van der Waals surface area contributed by atoms with Crippen LogP contribution >= 0.6 is 24.6 Å². The summed E-state index contributed by atoms with van der Waals surface area (Å²) >= 11 is 4.19. The number of anilines is 1. The number of halogens is 1. The van der Waals surface area contributed by atoms with Crippen molar-refractivity contribution in [1.82, 2.24) is 0 Å². The number of fused-ring (bicyclic) bond motifs is 1. The molecule has 0 bridgehead atoms. The number of aromatic carboxylic acids is 1. The van der Waals surface area contributed by atoms with Gasteiger partial charge in [0.15, 0.2) is 0 Å². The molecule has 0 aromatic heterocycles. The van der Waals surface area contributed by atoms with Gasteiger partial charge in [-0.2, -0.15) is 0 Å². The molecule has 0 fully saturated rings. The van der Waals surface area contributed by atoms with Crippen molar-refractivity contribution in [1.29, 1.82) is 5.41 Å². The van der Waals surface area contributed by atoms with Crippen molar-refractivity contribution >= 4 is 47.4 Å². The second-order valence-electron chi connectivity index (χ2n) is 7.19. The van der Waals surface area contributed by atoms with Gasteiger partial charge in [-0.25, -0.2) is 9.18 Å². The van der Waals surface area contributed by atoms with Crippen LogP contribution in [0.3, 0.4) is 0 Å². The first-order chi connectivity index (χ1) is 17.0. The third kappa shape index (κ3) is 6.36. The maximum atomic E-state index is 14.0. The Hall–Kier alpha value is -3.47. The summed E-state index contributed by atoms with van der Waals surface area (Å²) in [4.78, 5) is 11.1. The molecule has 0 amide bonds. The largest absolute Gasteiger partial charge is 0.496 e. The highest BCUT2D eigenvalue weighted by atomic mass is 32.2. The zero-order chi connectivity index (χ0) is 25.4. The van der Waals surface area contributed by atoms with Crippen LogP contribution in [0, 0.1) is 11.2 Å². The quantitative estimate of drug-likeness (QED) is 0.167. The Bertz CT molecular complexity index is 1250. The predicted octanol–water partition coefficient (Wildman–Crippen LogP) is 5.52. The minimum absolute atomic E-state index is 0.242. The van der Waals surface area contributed by atoms with Gasteiger partial charge in [0, 0.05) is 17.7 Å². The smallest absolute Gasteiger partial charge is 0.338 e. The van der Waals surface area contributed by atoms with Crippen LogP contribution in [0.15, 0.2) is 60.0 Å². The molecule has 0 saturated heterocycles. The lowest BCUT2D eigenvalue weighted by Crippen LogP contribution is -2.17. The van der Waals surface area contributed by atoms with Crippen LogP contribution in [-0.2, 0) is 0 Å². The molecule has 0 aliphatic carbocycles. The molecule has 10 heteroatoms. The van der Waals surface area contributed by atoms with E-state index in [1.807, 2.05) is 36.4 Å². The molecular formula is C25H24FN3O4S2. The van der Waals surface area contributed by atoms with E-state index in [1.54, 1.807) is 11.5 Å². The van der Waals surface area contributed by atoms with Crippen molar-refractivity contribution in [3.63, 3.8) is 0 Å². The number of carbonyl (C=O) groups is 1. The van der Waals surface area contributed by atoms with Gasteiger partial charge < -0.3 is 19.9 Å². The number of carboxylic acids is 1. The molecule has 0 atom stereocenters. The molecule has 0 spiro atoms. The lowest BCUT2D eigenvalue weighted by atomic mass is 10.0. The highest BCUT2D eigenvalue weighted by Gasteiger charge is 2.15. The van der Waals surface area contributed by atoms with Gasteiger partial charge in [-0.15, -0.1) is 12.8 Å². The molecule has 7 nitrogen and oxygen atoms in total. The Labute approximate surface area is 212 Å².